The van der Waals surface area contributed by atoms with E-state index in [9.17, 15) is 14.7 Å². The number of benzene rings is 2. The van der Waals surface area contributed by atoms with Crippen molar-refractivity contribution in [2.24, 2.45) is 0 Å². The summed E-state index contributed by atoms with van der Waals surface area (Å²) in [5.74, 6) is -0.635. The molecule has 0 amide bonds. The summed E-state index contributed by atoms with van der Waals surface area (Å²) < 4.78 is 4.95. The molecule has 0 aromatic heterocycles. The molecule has 137 valence electrons. The van der Waals surface area contributed by atoms with Crippen LogP contribution in [0.15, 0.2) is 54.7 Å². The van der Waals surface area contributed by atoms with Gasteiger partial charge >= 0.3 is 5.97 Å². The van der Waals surface area contributed by atoms with Crippen LogP contribution in [-0.2, 0) is 26.6 Å². The number of ether oxygens (including phenoxy) is 1. The van der Waals surface area contributed by atoms with Gasteiger partial charge in [0, 0.05) is 28.8 Å². The molecule has 0 saturated carbocycles. The minimum Gasteiger partial charge on any atom is -0.506 e. The van der Waals surface area contributed by atoms with E-state index in [-0.39, 0.29) is 35.2 Å². The minimum atomic E-state index is -0.472. The Bertz CT molecular complexity index is 902. The third-order valence-corrected chi connectivity index (χ3v) is 3.81. The van der Waals surface area contributed by atoms with E-state index < -0.39 is 5.97 Å². The number of aromatic hydroxyl groups is 1. The first-order valence-corrected chi connectivity index (χ1v) is 7.89. The molecule has 0 heterocycles. The first-order chi connectivity index (χ1) is 12.1. The minimum absolute atomic E-state index is 0. The predicted octanol–water partition coefficient (Wildman–Crippen LogP) is 3.62. The number of carbonyl (C=O) groups is 2. The Kier molecular flexibility index (Phi) is 6.39. The van der Waals surface area contributed by atoms with Gasteiger partial charge in [-0.05, 0) is 42.3 Å². The van der Waals surface area contributed by atoms with Gasteiger partial charge in [-0.2, -0.15) is 0 Å². The van der Waals surface area contributed by atoms with Gasteiger partial charge in [-0.25, -0.2) is 4.79 Å². The largest absolute Gasteiger partial charge is 0.506 e. The zero-order valence-corrected chi connectivity index (χ0v) is 14.9. The van der Waals surface area contributed by atoms with Crippen molar-refractivity contribution in [3.63, 3.8) is 0 Å². The Morgan fingerprint density at radius 3 is 2.73 bits per heavy atom. The number of hydrogen-bond donors (Lipinski definition) is 2. The molecule has 0 unspecified atom stereocenters. The number of carbonyl (C=O) groups excluding carboxylic acids is 2. The molecule has 0 bridgehead atoms. The summed E-state index contributed by atoms with van der Waals surface area (Å²) in [6.07, 6.45) is 4.81. The second-order valence-electron chi connectivity index (χ2n) is 5.44. The van der Waals surface area contributed by atoms with Crippen LogP contribution in [0.3, 0.4) is 0 Å². The van der Waals surface area contributed by atoms with Crippen LogP contribution in [0, 0.1) is 0 Å². The number of fused-ring (bicyclic) bond motifs is 1. The molecule has 2 aromatic carbocycles. The monoisotopic (exact) mass is 398 g/mol. The molecular weight excluding hydrogens is 382 g/mol. The van der Waals surface area contributed by atoms with Crippen molar-refractivity contribution in [1.29, 1.82) is 0 Å². The van der Waals surface area contributed by atoms with Gasteiger partial charge in [-0.3, -0.25) is 4.79 Å². The first kappa shape index (κ1) is 19.5. The summed E-state index contributed by atoms with van der Waals surface area (Å²) in [6.45, 7) is 1.99. The Labute approximate surface area is 161 Å². The molecule has 1 aliphatic carbocycles. The fourth-order valence-electron chi connectivity index (χ4n) is 2.57. The van der Waals surface area contributed by atoms with Crippen molar-refractivity contribution in [1.82, 2.24) is 0 Å². The summed E-state index contributed by atoms with van der Waals surface area (Å²) in [5.41, 5.74) is 2.87. The van der Waals surface area contributed by atoms with E-state index in [1.165, 1.54) is 30.5 Å². The van der Waals surface area contributed by atoms with Crippen molar-refractivity contribution in [2.75, 3.05) is 11.9 Å². The Balaban J connectivity index is 0.00000243. The van der Waals surface area contributed by atoms with Crippen molar-refractivity contribution in [2.45, 2.75) is 6.92 Å². The number of phenolic OH excluding ortho intramolecular Hbond substituents is 1. The summed E-state index contributed by atoms with van der Waals surface area (Å²) in [4.78, 5) is 24.0. The average Bonchev–Trinajstić information content (AvgIpc) is 2.62. The van der Waals surface area contributed by atoms with Crippen LogP contribution < -0.4 is 5.32 Å². The van der Waals surface area contributed by atoms with Crippen LogP contribution >= 0.6 is 0 Å². The number of ketones is 1. The Morgan fingerprint density at radius 1 is 1.19 bits per heavy atom. The normalized spacial score (nSPS) is 13.7. The first-order valence-electron chi connectivity index (χ1n) is 7.89. The van der Waals surface area contributed by atoms with Gasteiger partial charge in [0.1, 0.15) is 5.75 Å². The van der Waals surface area contributed by atoms with Crippen molar-refractivity contribution >= 4 is 29.1 Å². The fourth-order valence-corrected chi connectivity index (χ4v) is 2.57. The molecule has 0 atom stereocenters. The number of rotatable bonds is 4. The number of nitrogens with one attached hydrogen (secondary N) is 1. The van der Waals surface area contributed by atoms with Gasteiger partial charge < -0.3 is 15.2 Å². The smallest absolute Gasteiger partial charge is 0.338 e. The van der Waals surface area contributed by atoms with Crippen LogP contribution in [-0.4, -0.2) is 23.5 Å². The summed E-state index contributed by atoms with van der Waals surface area (Å²) in [5, 5.41) is 12.9. The number of hydrogen-bond acceptors (Lipinski definition) is 5. The van der Waals surface area contributed by atoms with Crippen molar-refractivity contribution in [3.05, 3.63) is 71.4 Å². The maximum Gasteiger partial charge on any atom is 0.338 e. The molecule has 3 rings (SSSR count). The SMILES string of the molecule is CCOC(=O)c1ccc(O)c(N/C=C2\C(=O)C=Cc3ccccc32)c1.[Cu]. The number of phenols is 1. The molecule has 0 spiro atoms. The standard InChI is InChI=1S/C20H17NO4.Cu/c1-2-25-20(24)14-8-10-19(23)17(11-14)21-12-16-15-6-4-3-5-13(15)7-9-18(16)22;/h3-12,21,23H,2H2,1H3;/b16-12-;. The zero-order valence-electron chi connectivity index (χ0n) is 14.0. The summed E-state index contributed by atoms with van der Waals surface area (Å²) >= 11 is 0. The predicted molar refractivity (Wildman–Crippen MR) is 96.1 cm³/mol. The third-order valence-electron chi connectivity index (χ3n) is 3.81. The van der Waals surface area contributed by atoms with Gasteiger partial charge in [-0.1, -0.05) is 30.3 Å². The molecule has 5 nitrogen and oxygen atoms in total. The van der Waals surface area contributed by atoms with Crippen molar-refractivity contribution in [3.8, 4) is 5.75 Å². The molecule has 2 aromatic rings. The zero-order chi connectivity index (χ0) is 17.8. The molecule has 6 heteroatoms. The van der Waals surface area contributed by atoms with Crippen molar-refractivity contribution < 1.29 is 36.5 Å². The second-order valence-corrected chi connectivity index (χ2v) is 5.44. The van der Waals surface area contributed by atoms with Gasteiger partial charge in [0.25, 0.3) is 0 Å². The summed E-state index contributed by atoms with van der Waals surface area (Å²) in [6, 6.07) is 11.9. The van der Waals surface area contributed by atoms with Crippen LogP contribution in [0.4, 0.5) is 5.69 Å². The van der Waals surface area contributed by atoms with E-state index in [1.807, 2.05) is 24.3 Å². The van der Waals surface area contributed by atoms with Crippen LogP contribution in [0.1, 0.15) is 28.4 Å². The van der Waals surface area contributed by atoms with Crippen LogP contribution in [0.5, 0.6) is 5.75 Å². The van der Waals surface area contributed by atoms with E-state index in [0.717, 1.165) is 11.1 Å². The molecule has 26 heavy (non-hydrogen) atoms. The van der Waals surface area contributed by atoms with E-state index >= 15 is 0 Å². The molecule has 0 saturated heterocycles. The molecule has 1 aliphatic rings. The van der Waals surface area contributed by atoms with Gasteiger partial charge in [0.15, 0.2) is 5.78 Å². The second kappa shape index (κ2) is 8.52. The number of esters is 1. The van der Waals surface area contributed by atoms with E-state index in [4.69, 9.17) is 4.74 Å². The van der Waals surface area contributed by atoms with Gasteiger partial charge in [-0.15, -0.1) is 0 Å². The summed E-state index contributed by atoms with van der Waals surface area (Å²) in [7, 11) is 0. The van der Waals surface area contributed by atoms with Gasteiger partial charge in [0.05, 0.1) is 17.9 Å². The van der Waals surface area contributed by atoms with Crippen LogP contribution in [0.25, 0.3) is 11.6 Å². The molecular formula is C20H17CuNO4. The van der Waals surface area contributed by atoms with E-state index in [1.54, 1.807) is 13.0 Å². The van der Waals surface area contributed by atoms with Crippen LogP contribution in [0.2, 0.25) is 0 Å². The topological polar surface area (TPSA) is 75.6 Å². The number of allylic oxidation sites excluding steroid dienone is 2. The maximum atomic E-state index is 12.2. The van der Waals surface area contributed by atoms with E-state index in [0.29, 0.717) is 16.8 Å². The molecule has 0 fully saturated rings. The number of anilines is 1. The van der Waals surface area contributed by atoms with Gasteiger partial charge in [0.2, 0.25) is 0 Å². The Hall–Kier alpha value is -2.82. The molecule has 0 aliphatic heterocycles. The Morgan fingerprint density at radius 2 is 1.96 bits per heavy atom. The maximum absolute atomic E-state index is 12.2. The molecule has 1 radical (unpaired) electrons. The molecule has 2 N–H and O–H groups in total. The average molecular weight is 399 g/mol. The fraction of sp³-hybridized carbons (Fsp3) is 0.100. The third kappa shape index (κ3) is 4.04. The van der Waals surface area contributed by atoms with E-state index in [2.05, 4.69) is 5.32 Å². The quantitative estimate of drug-likeness (QED) is 0.356.